The van der Waals surface area contributed by atoms with Gasteiger partial charge in [-0.3, -0.25) is 0 Å². The van der Waals surface area contributed by atoms with Crippen LogP contribution in [0.1, 0.15) is 0 Å². The number of phenolic OH excluding ortho intramolecular Hbond substituents is 2. The van der Waals surface area contributed by atoms with Gasteiger partial charge >= 0.3 is 0 Å². The van der Waals surface area contributed by atoms with Gasteiger partial charge in [0.05, 0.1) is 5.02 Å². The van der Waals surface area contributed by atoms with E-state index in [2.05, 4.69) is 0 Å². The molecule has 0 amide bonds. The van der Waals surface area contributed by atoms with Crippen LogP contribution in [0.4, 0.5) is 0 Å². The lowest BCUT2D eigenvalue weighted by Crippen LogP contribution is -1.87. The first-order chi connectivity index (χ1) is 8.88. The van der Waals surface area contributed by atoms with Crippen LogP contribution >= 0.6 is 46.4 Å². The molecule has 0 radical (unpaired) electrons. The maximum atomic E-state index is 9.76. The van der Waals surface area contributed by atoms with Crippen LogP contribution in [0.15, 0.2) is 24.3 Å². The van der Waals surface area contributed by atoms with Crippen LogP contribution in [0.3, 0.4) is 0 Å². The molecule has 0 aromatic heterocycles. The summed E-state index contributed by atoms with van der Waals surface area (Å²) in [6.07, 6.45) is 0. The van der Waals surface area contributed by atoms with Crippen LogP contribution in [0, 0.1) is 0 Å². The van der Waals surface area contributed by atoms with Gasteiger partial charge in [0.1, 0.15) is 10.8 Å². The Kier molecular flexibility index (Phi) is 4.21. The third kappa shape index (κ3) is 3.12. The van der Waals surface area contributed by atoms with Crippen LogP contribution in [0.25, 0.3) is 0 Å². The molecule has 3 nitrogen and oxygen atoms in total. The molecule has 2 aromatic rings. The minimum atomic E-state index is -0.431. The topological polar surface area (TPSA) is 49.7 Å². The van der Waals surface area contributed by atoms with Crippen LogP contribution in [0.5, 0.6) is 23.0 Å². The monoisotopic (exact) mass is 338 g/mol. The Morgan fingerprint density at radius 1 is 0.789 bits per heavy atom. The van der Waals surface area contributed by atoms with Crippen molar-refractivity contribution in [3.05, 3.63) is 44.4 Å². The molecule has 0 saturated heterocycles. The Balaban J connectivity index is 2.44. The highest BCUT2D eigenvalue weighted by Gasteiger charge is 2.16. The lowest BCUT2D eigenvalue weighted by Gasteiger charge is -2.11. The molecule has 0 bridgehead atoms. The van der Waals surface area contributed by atoms with Crippen LogP contribution < -0.4 is 4.74 Å². The number of benzene rings is 2. The molecular weight excluding hydrogens is 334 g/mol. The van der Waals surface area contributed by atoms with Gasteiger partial charge in [-0.15, -0.1) is 0 Å². The fourth-order valence-corrected chi connectivity index (χ4v) is 2.31. The highest BCUT2D eigenvalue weighted by atomic mass is 35.5. The first kappa shape index (κ1) is 14.4. The average Bonchev–Trinajstić information content (AvgIpc) is 2.32. The standard InChI is InChI=1S/C12H6Cl4O3/c13-5-1-6(14)3-7(2-5)19-9-4-8(15)11(17)10(16)12(9)18/h1-4,17-18H. The normalized spacial score (nSPS) is 10.5. The number of phenols is 2. The molecule has 0 saturated carbocycles. The molecule has 2 N–H and O–H groups in total. The number of ether oxygens (including phenoxy) is 1. The van der Waals surface area contributed by atoms with E-state index in [-0.39, 0.29) is 15.8 Å². The summed E-state index contributed by atoms with van der Waals surface area (Å²) < 4.78 is 5.39. The molecule has 0 aliphatic heterocycles. The van der Waals surface area contributed by atoms with Gasteiger partial charge in [-0.2, -0.15) is 0 Å². The predicted molar refractivity (Wildman–Crippen MR) is 76.3 cm³/mol. The zero-order valence-corrected chi connectivity index (χ0v) is 12.1. The van der Waals surface area contributed by atoms with E-state index in [1.165, 1.54) is 24.3 Å². The molecule has 0 aliphatic carbocycles. The van der Waals surface area contributed by atoms with E-state index in [4.69, 9.17) is 51.1 Å². The van der Waals surface area contributed by atoms with Gasteiger partial charge in [-0.1, -0.05) is 46.4 Å². The summed E-state index contributed by atoms with van der Waals surface area (Å²) in [4.78, 5) is 0. The zero-order valence-electron chi connectivity index (χ0n) is 9.12. The summed E-state index contributed by atoms with van der Waals surface area (Å²) in [5.74, 6) is -0.575. The third-order valence-corrected chi connectivity index (χ3v) is 3.28. The summed E-state index contributed by atoms with van der Waals surface area (Å²) in [7, 11) is 0. The fraction of sp³-hybridized carbons (Fsp3) is 0. The summed E-state index contributed by atoms with van der Waals surface area (Å²) >= 11 is 23.1. The number of hydrogen-bond donors (Lipinski definition) is 2. The van der Waals surface area contributed by atoms with E-state index >= 15 is 0 Å². The van der Waals surface area contributed by atoms with Gasteiger partial charge in [0.25, 0.3) is 0 Å². The van der Waals surface area contributed by atoms with Crippen molar-refractivity contribution in [3.8, 4) is 23.0 Å². The van der Waals surface area contributed by atoms with Crippen molar-refractivity contribution in [1.82, 2.24) is 0 Å². The van der Waals surface area contributed by atoms with Crippen molar-refractivity contribution in [2.24, 2.45) is 0 Å². The highest BCUT2D eigenvalue weighted by Crippen LogP contribution is 2.46. The van der Waals surface area contributed by atoms with Gasteiger partial charge in [0, 0.05) is 16.1 Å². The minimum absolute atomic E-state index is 0.0221. The van der Waals surface area contributed by atoms with Crippen LogP contribution in [0.2, 0.25) is 20.1 Å². The van der Waals surface area contributed by atoms with E-state index < -0.39 is 11.5 Å². The van der Waals surface area contributed by atoms with E-state index in [0.29, 0.717) is 15.8 Å². The number of hydrogen-bond acceptors (Lipinski definition) is 3. The fourth-order valence-electron chi connectivity index (χ4n) is 1.37. The molecule has 7 heteroatoms. The molecule has 0 atom stereocenters. The third-order valence-electron chi connectivity index (χ3n) is 2.20. The summed E-state index contributed by atoms with van der Waals surface area (Å²) in [6.45, 7) is 0. The quantitative estimate of drug-likeness (QED) is 0.759. The second-order valence-corrected chi connectivity index (χ2v) is 5.23. The van der Waals surface area contributed by atoms with E-state index in [9.17, 15) is 10.2 Å². The second kappa shape index (κ2) is 5.55. The number of halogens is 4. The van der Waals surface area contributed by atoms with Gasteiger partial charge in [0.2, 0.25) is 0 Å². The average molecular weight is 340 g/mol. The Bertz CT molecular complexity index is 623. The SMILES string of the molecule is Oc1c(Cl)cc(Oc2cc(Cl)cc(Cl)c2)c(O)c1Cl. The van der Waals surface area contributed by atoms with Gasteiger partial charge in [-0.05, 0) is 18.2 Å². The highest BCUT2D eigenvalue weighted by molar-refractivity contribution is 6.38. The zero-order chi connectivity index (χ0) is 14.2. The van der Waals surface area contributed by atoms with Crippen molar-refractivity contribution in [2.45, 2.75) is 0 Å². The Hall–Kier alpha value is -1.00. The van der Waals surface area contributed by atoms with Crippen molar-refractivity contribution in [1.29, 1.82) is 0 Å². The molecular formula is C12H6Cl4O3. The summed E-state index contributed by atoms with van der Waals surface area (Å²) in [5, 5.41) is 19.6. The largest absolute Gasteiger partial charge is 0.505 e. The first-order valence-electron chi connectivity index (χ1n) is 4.92. The molecule has 100 valence electrons. The maximum Gasteiger partial charge on any atom is 0.181 e. The minimum Gasteiger partial charge on any atom is -0.505 e. The molecule has 0 aliphatic rings. The van der Waals surface area contributed by atoms with Crippen molar-refractivity contribution >= 4 is 46.4 Å². The van der Waals surface area contributed by atoms with Gasteiger partial charge in [0.15, 0.2) is 17.2 Å². The molecule has 2 aromatic carbocycles. The Morgan fingerprint density at radius 3 is 1.95 bits per heavy atom. The number of aromatic hydroxyl groups is 2. The van der Waals surface area contributed by atoms with E-state index in [1.807, 2.05) is 0 Å². The molecule has 2 rings (SSSR count). The van der Waals surface area contributed by atoms with Crippen molar-refractivity contribution in [2.75, 3.05) is 0 Å². The van der Waals surface area contributed by atoms with Crippen LogP contribution in [-0.4, -0.2) is 10.2 Å². The maximum absolute atomic E-state index is 9.76. The number of rotatable bonds is 2. The molecule has 0 unspecified atom stereocenters. The lowest BCUT2D eigenvalue weighted by atomic mass is 10.3. The van der Waals surface area contributed by atoms with E-state index in [0.717, 1.165) is 0 Å². The summed E-state index contributed by atoms with van der Waals surface area (Å²) in [5.41, 5.74) is 0. The lowest BCUT2D eigenvalue weighted by molar-refractivity contribution is 0.404. The molecule has 19 heavy (non-hydrogen) atoms. The van der Waals surface area contributed by atoms with Gasteiger partial charge < -0.3 is 14.9 Å². The Morgan fingerprint density at radius 2 is 1.37 bits per heavy atom. The van der Waals surface area contributed by atoms with Gasteiger partial charge in [-0.25, -0.2) is 0 Å². The molecule has 0 spiro atoms. The second-order valence-electron chi connectivity index (χ2n) is 3.57. The Labute approximate surface area is 128 Å². The summed E-state index contributed by atoms with van der Waals surface area (Å²) in [6, 6.07) is 5.77. The van der Waals surface area contributed by atoms with E-state index in [1.54, 1.807) is 0 Å². The first-order valence-corrected chi connectivity index (χ1v) is 6.43. The molecule has 0 heterocycles. The van der Waals surface area contributed by atoms with Crippen molar-refractivity contribution in [3.63, 3.8) is 0 Å². The van der Waals surface area contributed by atoms with Crippen molar-refractivity contribution < 1.29 is 14.9 Å². The van der Waals surface area contributed by atoms with Crippen LogP contribution in [-0.2, 0) is 0 Å². The predicted octanol–water partition coefficient (Wildman–Crippen LogP) is 5.50. The smallest absolute Gasteiger partial charge is 0.181 e. The molecule has 0 fully saturated rings.